The Morgan fingerprint density at radius 3 is 1.60 bits per heavy atom. The highest BCUT2D eigenvalue weighted by Crippen LogP contribution is 2.65. The molecule has 4 amide bonds. The van der Waals surface area contributed by atoms with Crippen LogP contribution in [0.4, 0.5) is 11.4 Å². The van der Waals surface area contributed by atoms with E-state index in [1.807, 2.05) is 0 Å². The minimum absolute atomic E-state index is 0. The van der Waals surface area contributed by atoms with E-state index in [9.17, 15) is 39.4 Å². The molecule has 292 valence electrons. The zero-order valence-corrected chi connectivity index (χ0v) is 29.1. The van der Waals surface area contributed by atoms with Gasteiger partial charge in [0.05, 0.1) is 33.0 Å². The third-order valence-corrected chi connectivity index (χ3v) is 9.32. The molecule has 1 saturated heterocycles. The molecule has 1 aliphatic carbocycles. The molecule has 5 rings (SSSR count). The Labute approximate surface area is 313 Å². The van der Waals surface area contributed by atoms with E-state index >= 15 is 0 Å². The van der Waals surface area contributed by atoms with Crippen molar-refractivity contribution in [1.29, 1.82) is 0 Å². The molecule has 53 heavy (non-hydrogen) atoms. The Kier molecular flexibility index (Phi) is 19.8. The number of carbonyl (C=O) groups excluding carboxylic acids is 4. The second kappa shape index (κ2) is 21.9. The van der Waals surface area contributed by atoms with Crippen LogP contribution in [0.25, 0.3) is 0 Å². The van der Waals surface area contributed by atoms with Gasteiger partial charge in [0.25, 0.3) is 23.2 Å². The van der Waals surface area contributed by atoms with Crippen molar-refractivity contribution >= 4 is 40.7 Å². The molecule has 3 atom stereocenters. The molecule has 2 fully saturated rings. The minimum Gasteiger partial charge on any atom is -0.323 e. The molecular formula is C39H58N6O8. The lowest BCUT2D eigenvalue weighted by Crippen LogP contribution is -2.38. The molecule has 2 N–H and O–H groups in total. The lowest BCUT2D eigenvalue weighted by atomic mass is 9.90. The zero-order valence-electron chi connectivity index (χ0n) is 29.1. The molecule has 2 aromatic carbocycles. The second-order valence-electron chi connectivity index (χ2n) is 12.6. The number of nitrogens with two attached hydrogens (primary N) is 1. The monoisotopic (exact) mass is 738 g/mol. The van der Waals surface area contributed by atoms with Crippen LogP contribution < -0.4 is 5.84 Å². The molecule has 1 saturated carbocycles. The Balaban J connectivity index is 0.000000804. The number of amides is 4. The summed E-state index contributed by atoms with van der Waals surface area (Å²) in [5.74, 6) is 3.48. The summed E-state index contributed by atoms with van der Waals surface area (Å²) < 4.78 is 0. The number of fused-ring (bicyclic) bond motifs is 1. The van der Waals surface area contributed by atoms with Gasteiger partial charge in [0.15, 0.2) is 0 Å². The summed E-state index contributed by atoms with van der Waals surface area (Å²) in [6.07, 6.45) is 11.0. The first-order valence-corrected chi connectivity index (χ1v) is 17.0. The van der Waals surface area contributed by atoms with Crippen LogP contribution in [0.2, 0.25) is 0 Å². The lowest BCUT2D eigenvalue weighted by Gasteiger charge is -2.23. The summed E-state index contributed by atoms with van der Waals surface area (Å²) in [4.78, 5) is 71.0. The quantitative estimate of drug-likeness (QED) is 0.0503. The van der Waals surface area contributed by atoms with Gasteiger partial charge in [-0.15, -0.1) is 0 Å². The van der Waals surface area contributed by atoms with E-state index in [2.05, 4.69) is 18.9 Å². The summed E-state index contributed by atoms with van der Waals surface area (Å²) in [6, 6.07) is 12.8. The highest BCUT2D eigenvalue weighted by Gasteiger charge is 2.76. The highest BCUT2D eigenvalue weighted by atomic mass is 16.6. The number of unbranched alkanes of at least 4 members (excludes halogenated alkanes) is 6. The standard InChI is InChI=1S/C18H22N2O4.C10H15NO2.C8H9N3O2.3CH4/c1-3-4-5-8-11-19-16(21)14-15(17(19)22)18(14,2)12-9-6-7-10-13(12)20(23)24;1-2-3-4-5-8-11-9(12)6-7-10(11)13;1-6(10-9)7-4-2-3-5-8(7)11(12)13;;;/h6-7,9-10,14-15H,3-5,8,11H2,1-2H3;6-7H,2-5,8H2,1H3;2-5H,9H2,1H3;3*1H4/t14-,15+,18?;;;;;. The van der Waals surface area contributed by atoms with Crippen molar-refractivity contribution in [3.8, 4) is 0 Å². The van der Waals surface area contributed by atoms with Gasteiger partial charge in [-0.1, -0.05) is 112 Å². The van der Waals surface area contributed by atoms with E-state index in [0.29, 0.717) is 29.9 Å². The maximum atomic E-state index is 12.6. The number of rotatable bonds is 14. The number of benzene rings is 2. The van der Waals surface area contributed by atoms with E-state index in [1.54, 1.807) is 50.2 Å². The van der Waals surface area contributed by atoms with Crippen molar-refractivity contribution < 1.29 is 29.0 Å². The first-order chi connectivity index (χ1) is 23.9. The lowest BCUT2D eigenvalue weighted by molar-refractivity contribution is -0.385. The van der Waals surface area contributed by atoms with Gasteiger partial charge in [-0.25, -0.2) is 0 Å². The highest BCUT2D eigenvalue weighted by molar-refractivity contribution is 6.13. The van der Waals surface area contributed by atoms with Crippen LogP contribution in [-0.4, -0.2) is 62.1 Å². The molecule has 3 aliphatic rings. The SMILES string of the molecule is C.C.C.CC(=NN)c1ccccc1[N+](=O)[O-].CCCCCCN1C(=O)C=CC1=O.CCCCCCN1C(=O)[C@@H]2[C@H](C1=O)C2(C)c1ccccc1[N+](=O)[O-]. The van der Waals surface area contributed by atoms with E-state index in [0.717, 1.165) is 38.5 Å². The largest absolute Gasteiger partial charge is 0.323 e. The number of likely N-dealkylation sites (tertiary alicyclic amines) is 1. The Hall–Kier alpha value is -5.27. The maximum Gasteiger partial charge on any atom is 0.278 e. The van der Waals surface area contributed by atoms with Crippen molar-refractivity contribution in [2.24, 2.45) is 22.8 Å². The predicted molar refractivity (Wildman–Crippen MR) is 208 cm³/mol. The number of hydrogen-bond donors (Lipinski definition) is 1. The Morgan fingerprint density at radius 1 is 0.717 bits per heavy atom. The third kappa shape index (κ3) is 11.1. The molecule has 2 aliphatic heterocycles. The maximum absolute atomic E-state index is 12.6. The van der Waals surface area contributed by atoms with Crippen LogP contribution in [-0.2, 0) is 24.6 Å². The van der Waals surface area contributed by atoms with E-state index < -0.39 is 27.1 Å². The van der Waals surface area contributed by atoms with Crippen LogP contribution in [0.3, 0.4) is 0 Å². The fourth-order valence-electron chi connectivity index (χ4n) is 6.45. The molecule has 0 bridgehead atoms. The molecule has 0 spiro atoms. The van der Waals surface area contributed by atoms with Gasteiger partial charge in [0.2, 0.25) is 11.8 Å². The number of nitro benzene ring substituents is 2. The summed E-state index contributed by atoms with van der Waals surface area (Å²) in [6.45, 7) is 8.72. The van der Waals surface area contributed by atoms with Gasteiger partial charge in [-0.2, -0.15) is 5.10 Å². The second-order valence-corrected chi connectivity index (χ2v) is 12.6. The number of nitrogens with zero attached hydrogens (tertiary/aromatic N) is 5. The van der Waals surface area contributed by atoms with Crippen molar-refractivity contribution in [1.82, 2.24) is 9.80 Å². The average molecular weight is 739 g/mol. The van der Waals surface area contributed by atoms with Crippen LogP contribution in [0.5, 0.6) is 0 Å². The van der Waals surface area contributed by atoms with Crippen LogP contribution in [0, 0.1) is 32.1 Å². The van der Waals surface area contributed by atoms with Crippen LogP contribution in [0.15, 0.2) is 65.8 Å². The van der Waals surface area contributed by atoms with Gasteiger partial charge in [-0.3, -0.25) is 49.2 Å². The zero-order chi connectivity index (χ0) is 37.0. The minimum atomic E-state index is -0.738. The third-order valence-electron chi connectivity index (χ3n) is 9.32. The normalized spacial score (nSPS) is 19.4. The van der Waals surface area contributed by atoms with Gasteiger partial charge >= 0.3 is 0 Å². The van der Waals surface area contributed by atoms with Crippen molar-refractivity contribution in [3.63, 3.8) is 0 Å². The number of carbonyl (C=O) groups is 4. The molecular weight excluding hydrogens is 680 g/mol. The molecule has 0 radical (unpaired) electrons. The van der Waals surface area contributed by atoms with E-state index in [-0.39, 0.29) is 57.3 Å². The fraction of sp³-hybridized carbons (Fsp3) is 0.513. The van der Waals surface area contributed by atoms with Gasteiger partial charge in [-0.05, 0) is 25.8 Å². The van der Waals surface area contributed by atoms with Crippen molar-refractivity contribution in [3.05, 3.63) is 92.0 Å². The predicted octanol–water partition coefficient (Wildman–Crippen LogP) is 7.73. The number of hydrogen-bond acceptors (Lipinski definition) is 10. The number of hydrazone groups is 1. The molecule has 14 nitrogen and oxygen atoms in total. The molecule has 2 heterocycles. The summed E-state index contributed by atoms with van der Waals surface area (Å²) in [5.41, 5.74) is 0.677. The number of nitro groups is 2. The molecule has 0 aromatic heterocycles. The van der Waals surface area contributed by atoms with Crippen molar-refractivity contribution in [2.75, 3.05) is 13.1 Å². The summed E-state index contributed by atoms with van der Waals surface area (Å²) in [7, 11) is 0. The average Bonchev–Trinajstić information content (AvgIpc) is 3.51. The van der Waals surface area contributed by atoms with Crippen LogP contribution in [0.1, 0.15) is 112 Å². The first kappa shape index (κ1) is 47.7. The first-order valence-electron chi connectivity index (χ1n) is 17.0. The van der Waals surface area contributed by atoms with E-state index in [4.69, 9.17) is 5.84 Å². The van der Waals surface area contributed by atoms with Gasteiger partial charge in [0, 0.05) is 48.4 Å². The topological polar surface area (TPSA) is 199 Å². The molecule has 14 heteroatoms. The Bertz CT molecular complexity index is 1620. The van der Waals surface area contributed by atoms with Crippen LogP contribution >= 0.6 is 0 Å². The number of imide groups is 2. The van der Waals surface area contributed by atoms with Crippen molar-refractivity contribution in [2.45, 2.75) is 107 Å². The number of para-hydroxylation sites is 2. The number of piperidine rings is 1. The Morgan fingerprint density at radius 2 is 1.15 bits per heavy atom. The smallest absolute Gasteiger partial charge is 0.278 e. The summed E-state index contributed by atoms with van der Waals surface area (Å²) in [5, 5.41) is 25.2. The summed E-state index contributed by atoms with van der Waals surface area (Å²) >= 11 is 0. The van der Waals surface area contributed by atoms with Gasteiger partial charge in [0.1, 0.15) is 0 Å². The molecule has 2 aromatic rings. The fourth-order valence-corrected chi connectivity index (χ4v) is 6.45. The molecule has 1 unspecified atom stereocenters. The van der Waals surface area contributed by atoms with Gasteiger partial charge < -0.3 is 5.84 Å². The van der Waals surface area contributed by atoms with E-state index in [1.165, 1.54) is 46.9 Å².